The zero-order valence-electron chi connectivity index (χ0n) is 15.2. The van der Waals surface area contributed by atoms with Gasteiger partial charge in [0, 0.05) is 29.6 Å². The molecule has 0 N–H and O–H groups in total. The monoisotopic (exact) mass is 391 g/mol. The zero-order chi connectivity index (χ0) is 18.9. The molecule has 138 valence electrons. The summed E-state index contributed by atoms with van der Waals surface area (Å²) in [6, 6.07) is 5.35. The van der Waals surface area contributed by atoms with Gasteiger partial charge in [-0.1, -0.05) is 11.8 Å². The van der Waals surface area contributed by atoms with Crippen molar-refractivity contribution < 1.29 is 19.1 Å². The zero-order valence-corrected chi connectivity index (χ0v) is 16.8. The molecule has 0 spiro atoms. The van der Waals surface area contributed by atoms with Crippen LogP contribution in [-0.4, -0.2) is 36.4 Å². The quantitative estimate of drug-likeness (QED) is 0.682. The Morgan fingerprint density at radius 3 is 2.62 bits per heavy atom. The van der Waals surface area contributed by atoms with Crippen molar-refractivity contribution in [2.75, 3.05) is 13.7 Å². The predicted octanol–water partition coefficient (Wildman–Crippen LogP) is 4.35. The molecule has 2 atom stereocenters. The van der Waals surface area contributed by atoms with Crippen molar-refractivity contribution in [2.45, 2.75) is 48.0 Å². The van der Waals surface area contributed by atoms with Crippen molar-refractivity contribution >= 4 is 34.7 Å². The molecule has 2 unspecified atom stereocenters. The minimum Gasteiger partial charge on any atom is -0.375 e. The van der Waals surface area contributed by atoms with Crippen molar-refractivity contribution in [2.24, 2.45) is 0 Å². The van der Waals surface area contributed by atoms with Crippen molar-refractivity contribution in [3.05, 3.63) is 40.5 Å². The fourth-order valence-electron chi connectivity index (χ4n) is 3.16. The summed E-state index contributed by atoms with van der Waals surface area (Å²) >= 11 is 3.10. The summed E-state index contributed by atoms with van der Waals surface area (Å²) in [6.07, 6.45) is 2.56. The van der Waals surface area contributed by atoms with E-state index in [0.29, 0.717) is 17.7 Å². The standard InChI is InChI=1S/C19H21NO4S2/c1-11(21)15-6-5-14(9-16(15)12(2)22)25-17-10-20-18(26-17)19(23-4)7-8-24-13(19)3/h5-6,9-10,13H,7-8H2,1-4H3. The van der Waals surface area contributed by atoms with Gasteiger partial charge < -0.3 is 9.47 Å². The van der Waals surface area contributed by atoms with Crippen LogP contribution in [0.5, 0.6) is 0 Å². The van der Waals surface area contributed by atoms with E-state index in [0.717, 1.165) is 20.5 Å². The lowest BCUT2D eigenvalue weighted by atomic mass is 9.97. The van der Waals surface area contributed by atoms with E-state index in [-0.39, 0.29) is 17.7 Å². The van der Waals surface area contributed by atoms with Crippen LogP contribution in [0.1, 0.15) is 52.9 Å². The van der Waals surface area contributed by atoms with Crippen molar-refractivity contribution in [1.82, 2.24) is 4.98 Å². The number of Topliss-reactive ketones (excluding diaryl/α,β-unsaturated/α-hetero) is 2. The number of ether oxygens (including phenoxy) is 2. The molecule has 1 aromatic heterocycles. The normalized spacial score (nSPS) is 22.5. The first-order valence-corrected chi connectivity index (χ1v) is 9.97. The molecule has 1 fully saturated rings. The topological polar surface area (TPSA) is 65.5 Å². The van der Waals surface area contributed by atoms with Crippen molar-refractivity contribution in [1.29, 1.82) is 0 Å². The number of aromatic nitrogens is 1. The first-order chi connectivity index (χ1) is 12.4. The second kappa shape index (κ2) is 7.60. The SMILES string of the molecule is COC1(c2ncc(Sc3ccc(C(C)=O)c(C(C)=O)c3)s2)CCOC1C. The third kappa shape index (κ3) is 3.49. The fraction of sp³-hybridized carbons (Fsp3) is 0.421. The van der Waals surface area contributed by atoms with E-state index < -0.39 is 5.60 Å². The second-order valence-corrected chi connectivity index (χ2v) is 8.67. The number of benzene rings is 1. The molecule has 5 nitrogen and oxygen atoms in total. The number of hydrogen-bond acceptors (Lipinski definition) is 7. The van der Waals surface area contributed by atoms with Crippen molar-refractivity contribution in [3.63, 3.8) is 0 Å². The second-order valence-electron chi connectivity index (χ2n) is 6.26. The first kappa shape index (κ1) is 19.2. The molecule has 1 saturated heterocycles. The summed E-state index contributed by atoms with van der Waals surface area (Å²) < 4.78 is 12.5. The first-order valence-electron chi connectivity index (χ1n) is 8.34. The Labute approximate surface area is 161 Å². The average molecular weight is 392 g/mol. The lowest BCUT2D eigenvalue weighted by Gasteiger charge is -2.28. The van der Waals surface area contributed by atoms with Gasteiger partial charge in [-0.3, -0.25) is 9.59 Å². The van der Waals surface area contributed by atoms with Gasteiger partial charge in [-0.25, -0.2) is 4.98 Å². The molecular weight excluding hydrogens is 370 g/mol. The Morgan fingerprint density at radius 2 is 2.04 bits per heavy atom. The summed E-state index contributed by atoms with van der Waals surface area (Å²) in [5.41, 5.74) is 0.424. The van der Waals surface area contributed by atoms with Gasteiger partial charge in [-0.2, -0.15) is 0 Å². The van der Waals surface area contributed by atoms with E-state index >= 15 is 0 Å². The van der Waals surface area contributed by atoms with Gasteiger partial charge >= 0.3 is 0 Å². The van der Waals surface area contributed by atoms with Gasteiger partial charge in [0.2, 0.25) is 0 Å². The highest BCUT2D eigenvalue weighted by Crippen LogP contribution is 2.43. The van der Waals surface area contributed by atoms with Crippen LogP contribution in [0.4, 0.5) is 0 Å². The van der Waals surface area contributed by atoms with Crippen LogP contribution >= 0.6 is 23.1 Å². The number of methoxy groups -OCH3 is 1. The molecule has 3 rings (SSSR count). The Balaban J connectivity index is 1.87. The Morgan fingerprint density at radius 1 is 1.31 bits per heavy atom. The van der Waals surface area contributed by atoms with E-state index in [2.05, 4.69) is 4.98 Å². The molecule has 0 amide bonds. The van der Waals surface area contributed by atoms with Gasteiger partial charge in [0.25, 0.3) is 0 Å². The van der Waals surface area contributed by atoms with E-state index in [4.69, 9.17) is 9.47 Å². The maximum Gasteiger partial charge on any atom is 0.160 e. The lowest BCUT2D eigenvalue weighted by molar-refractivity contribution is -0.0647. The largest absolute Gasteiger partial charge is 0.375 e. The maximum absolute atomic E-state index is 11.9. The van der Waals surface area contributed by atoms with Crippen LogP contribution in [0.15, 0.2) is 33.5 Å². The summed E-state index contributed by atoms with van der Waals surface area (Å²) in [7, 11) is 1.69. The molecule has 0 radical (unpaired) electrons. The molecule has 1 aromatic carbocycles. The molecule has 0 saturated carbocycles. The van der Waals surface area contributed by atoms with Crippen LogP contribution < -0.4 is 0 Å². The van der Waals surface area contributed by atoms with Crippen LogP contribution in [0.2, 0.25) is 0 Å². The number of carbonyl (C=O) groups is 2. The van der Waals surface area contributed by atoms with Gasteiger partial charge in [0.15, 0.2) is 11.6 Å². The third-order valence-corrected chi connectivity index (χ3v) is 6.92. The third-order valence-electron chi connectivity index (χ3n) is 4.68. The Kier molecular flexibility index (Phi) is 5.62. The molecule has 0 bridgehead atoms. The Hall–Kier alpha value is -1.54. The Bertz CT molecular complexity index is 848. The summed E-state index contributed by atoms with van der Waals surface area (Å²) in [6.45, 7) is 5.61. The molecule has 26 heavy (non-hydrogen) atoms. The van der Waals surface area contributed by atoms with E-state index in [1.807, 2.05) is 19.2 Å². The molecule has 1 aliphatic rings. The molecule has 7 heteroatoms. The van der Waals surface area contributed by atoms with Crippen LogP contribution in [0, 0.1) is 0 Å². The summed E-state index contributed by atoms with van der Waals surface area (Å²) in [4.78, 5) is 29.0. The molecule has 2 heterocycles. The minimum absolute atomic E-state index is 0.0457. The minimum atomic E-state index is -0.494. The predicted molar refractivity (Wildman–Crippen MR) is 101 cm³/mol. The van der Waals surface area contributed by atoms with Crippen molar-refractivity contribution in [3.8, 4) is 0 Å². The summed E-state index contributed by atoms with van der Waals surface area (Å²) in [5, 5.41) is 0.902. The molecule has 2 aromatic rings. The van der Waals surface area contributed by atoms with E-state index in [9.17, 15) is 9.59 Å². The van der Waals surface area contributed by atoms with Gasteiger partial charge in [-0.15, -0.1) is 11.3 Å². The number of ketones is 2. The fourth-order valence-corrected chi connectivity index (χ4v) is 5.43. The maximum atomic E-state index is 11.9. The highest BCUT2D eigenvalue weighted by Gasteiger charge is 2.46. The highest BCUT2D eigenvalue weighted by atomic mass is 32.2. The number of thiazole rings is 1. The number of carbonyl (C=O) groups excluding carboxylic acids is 2. The molecular formula is C19H21NO4S2. The van der Waals surface area contributed by atoms with E-state index in [1.165, 1.54) is 25.6 Å². The van der Waals surface area contributed by atoms with Crippen LogP contribution in [-0.2, 0) is 15.1 Å². The lowest BCUT2D eigenvalue weighted by Crippen LogP contribution is -2.35. The number of nitrogens with zero attached hydrogens (tertiary/aromatic N) is 1. The summed E-state index contributed by atoms with van der Waals surface area (Å²) in [5.74, 6) is -0.220. The highest BCUT2D eigenvalue weighted by molar-refractivity contribution is 8.01. The van der Waals surface area contributed by atoms with Crippen LogP contribution in [0.25, 0.3) is 0 Å². The number of hydrogen-bond donors (Lipinski definition) is 0. The smallest absolute Gasteiger partial charge is 0.160 e. The average Bonchev–Trinajstić information content (AvgIpc) is 3.21. The van der Waals surface area contributed by atoms with Crippen LogP contribution in [0.3, 0.4) is 0 Å². The van der Waals surface area contributed by atoms with E-state index in [1.54, 1.807) is 30.6 Å². The van der Waals surface area contributed by atoms with Gasteiger partial charge in [0.05, 0.1) is 23.1 Å². The molecule has 1 aliphatic heterocycles. The van der Waals surface area contributed by atoms with Gasteiger partial charge in [-0.05, 0) is 39.0 Å². The van der Waals surface area contributed by atoms with Gasteiger partial charge in [0.1, 0.15) is 10.6 Å². The number of rotatable bonds is 6. The molecule has 0 aliphatic carbocycles.